The number of benzene rings is 1. The van der Waals surface area contributed by atoms with E-state index >= 15 is 0 Å². The molecular weight excluding hydrogens is 406 g/mol. The van der Waals surface area contributed by atoms with Crippen LogP contribution in [0, 0.1) is 6.57 Å². The Morgan fingerprint density at radius 1 is 1.25 bits per heavy atom. The lowest BCUT2D eigenvalue weighted by atomic mass is 10.1. The van der Waals surface area contributed by atoms with Crippen LogP contribution in [-0.4, -0.2) is 57.4 Å². The van der Waals surface area contributed by atoms with Crippen LogP contribution in [0.15, 0.2) is 36.7 Å². The van der Waals surface area contributed by atoms with Crippen LogP contribution in [0.25, 0.3) is 16.1 Å². The lowest BCUT2D eigenvalue weighted by Crippen LogP contribution is -2.29. The third kappa shape index (κ3) is 5.04. The maximum Gasteiger partial charge on any atom is 0.288 e. The van der Waals surface area contributed by atoms with Gasteiger partial charge in [0, 0.05) is 30.8 Å². The van der Waals surface area contributed by atoms with Gasteiger partial charge in [-0.2, -0.15) is 5.10 Å². The average Bonchev–Trinajstić information content (AvgIpc) is 3.48. The van der Waals surface area contributed by atoms with E-state index in [1.54, 1.807) is 7.11 Å². The molecule has 166 valence electrons. The molecule has 0 saturated carbocycles. The van der Waals surface area contributed by atoms with Crippen molar-refractivity contribution in [1.29, 1.82) is 0 Å². The molecular formula is C23H27N7O2. The molecule has 32 heavy (non-hydrogen) atoms. The van der Waals surface area contributed by atoms with Crippen molar-refractivity contribution >= 4 is 17.5 Å². The standard InChI is InChI=1S/C23H27N7O2/c1-15(2)30-8-7-17(13-30)32-14-16-5-6-18(20(9-16)31-4)19-10-21(29-28-19)27-23-12-25-22(24-3)11-26-23/h5-6,9-12,15,17H,7-8,13-14H2,1-2,4H3,(H2,26,27,28,29)/t17-/m0/s1. The topological polar surface area (TPSA) is 92.6 Å². The fourth-order valence-corrected chi connectivity index (χ4v) is 3.72. The molecule has 2 N–H and O–H groups in total. The molecule has 3 heterocycles. The van der Waals surface area contributed by atoms with Crippen molar-refractivity contribution in [2.24, 2.45) is 0 Å². The van der Waals surface area contributed by atoms with Crippen LogP contribution in [0.1, 0.15) is 25.8 Å². The van der Waals surface area contributed by atoms with Crippen LogP contribution in [0.4, 0.5) is 17.5 Å². The lowest BCUT2D eigenvalue weighted by Gasteiger charge is -2.20. The van der Waals surface area contributed by atoms with E-state index in [2.05, 4.69) is 55.1 Å². The highest BCUT2D eigenvalue weighted by Gasteiger charge is 2.24. The van der Waals surface area contributed by atoms with Gasteiger partial charge in [0.25, 0.3) is 5.82 Å². The third-order valence-corrected chi connectivity index (χ3v) is 5.54. The number of hydrogen-bond donors (Lipinski definition) is 2. The Bertz CT molecular complexity index is 1090. The monoisotopic (exact) mass is 433 g/mol. The second kappa shape index (κ2) is 9.77. The summed E-state index contributed by atoms with van der Waals surface area (Å²) in [6.45, 7) is 14.0. The highest BCUT2D eigenvalue weighted by Crippen LogP contribution is 2.31. The molecule has 2 aromatic heterocycles. The van der Waals surface area contributed by atoms with Crippen LogP contribution in [0.3, 0.4) is 0 Å². The van der Waals surface area contributed by atoms with Gasteiger partial charge in [0.2, 0.25) is 0 Å². The summed E-state index contributed by atoms with van der Waals surface area (Å²) in [5, 5.41) is 10.4. The largest absolute Gasteiger partial charge is 0.496 e. The molecule has 9 heteroatoms. The zero-order valence-corrected chi connectivity index (χ0v) is 18.5. The highest BCUT2D eigenvalue weighted by atomic mass is 16.5. The van der Waals surface area contributed by atoms with Crippen molar-refractivity contribution in [2.45, 2.75) is 39.0 Å². The van der Waals surface area contributed by atoms with E-state index in [-0.39, 0.29) is 11.9 Å². The van der Waals surface area contributed by atoms with E-state index in [4.69, 9.17) is 16.0 Å². The maximum atomic E-state index is 6.94. The zero-order valence-electron chi connectivity index (χ0n) is 18.5. The summed E-state index contributed by atoms with van der Waals surface area (Å²) in [7, 11) is 1.66. The number of ether oxygens (including phenoxy) is 2. The number of hydrogen-bond acceptors (Lipinski definition) is 7. The number of H-pyrrole nitrogens is 1. The van der Waals surface area contributed by atoms with Crippen LogP contribution in [0.2, 0.25) is 0 Å². The normalized spacial score (nSPS) is 16.3. The van der Waals surface area contributed by atoms with Gasteiger partial charge >= 0.3 is 0 Å². The van der Waals surface area contributed by atoms with E-state index in [0.717, 1.165) is 42.1 Å². The molecule has 0 amide bonds. The van der Waals surface area contributed by atoms with Gasteiger partial charge < -0.3 is 19.6 Å². The van der Waals surface area contributed by atoms with Gasteiger partial charge in [0.15, 0.2) is 17.8 Å². The molecule has 3 aromatic rings. The number of aromatic amines is 1. The van der Waals surface area contributed by atoms with Gasteiger partial charge in [-0.1, -0.05) is 12.6 Å². The first-order valence-electron chi connectivity index (χ1n) is 10.6. The Labute approximate surface area is 187 Å². The molecule has 1 fully saturated rings. The van der Waals surface area contributed by atoms with Crippen molar-refractivity contribution in [3.63, 3.8) is 0 Å². The number of rotatable bonds is 8. The maximum absolute atomic E-state index is 6.94. The summed E-state index contributed by atoms with van der Waals surface area (Å²) in [4.78, 5) is 13.8. The predicted molar refractivity (Wildman–Crippen MR) is 122 cm³/mol. The molecule has 4 rings (SSSR count). The second-order valence-electron chi connectivity index (χ2n) is 8.01. The first kappa shape index (κ1) is 21.7. The van der Waals surface area contributed by atoms with Crippen LogP contribution in [-0.2, 0) is 11.3 Å². The minimum absolute atomic E-state index is 0.247. The third-order valence-electron chi connectivity index (χ3n) is 5.54. The summed E-state index contributed by atoms with van der Waals surface area (Å²) < 4.78 is 11.8. The van der Waals surface area contributed by atoms with Gasteiger partial charge in [0.05, 0.1) is 31.7 Å². The number of nitrogens with one attached hydrogen (secondary N) is 2. The van der Waals surface area contributed by atoms with Crippen LogP contribution >= 0.6 is 0 Å². The molecule has 1 aliphatic heterocycles. The Kier molecular flexibility index (Phi) is 6.63. The minimum Gasteiger partial charge on any atom is -0.496 e. The number of anilines is 2. The molecule has 0 aliphatic carbocycles. The molecule has 0 spiro atoms. The van der Waals surface area contributed by atoms with Crippen molar-refractivity contribution in [1.82, 2.24) is 25.1 Å². The van der Waals surface area contributed by atoms with E-state index in [1.807, 2.05) is 18.2 Å². The first-order valence-corrected chi connectivity index (χ1v) is 10.6. The quantitative estimate of drug-likeness (QED) is 0.515. The van der Waals surface area contributed by atoms with Gasteiger partial charge in [-0.15, -0.1) is 4.98 Å². The number of likely N-dealkylation sites (tertiary alicyclic amines) is 1. The fourth-order valence-electron chi connectivity index (χ4n) is 3.72. The van der Waals surface area contributed by atoms with Gasteiger partial charge in [-0.25, -0.2) is 4.98 Å². The Balaban J connectivity index is 1.41. The smallest absolute Gasteiger partial charge is 0.288 e. The molecule has 0 unspecified atom stereocenters. The van der Waals surface area contributed by atoms with E-state index in [9.17, 15) is 0 Å². The van der Waals surface area contributed by atoms with E-state index in [0.29, 0.717) is 24.3 Å². The lowest BCUT2D eigenvalue weighted by molar-refractivity contribution is 0.0443. The Hall–Kier alpha value is -3.48. The van der Waals surface area contributed by atoms with Crippen molar-refractivity contribution in [2.75, 3.05) is 25.5 Å². The number of aromatic nitrogens is 4. The highest BCUT2D eigenvalue weighted by molar-refractivity contribution is 5.71. The number of nitrogens with zero attached hydrogens (tertiary/aromatic N) is 5. The van der Waals surface area contributed by atoms with Crippen LogP contribution < -0.4 is 10.1 Å². The summed E-state index contributed by atoms with van der Waals surface area (Å²) in [6, 6.07) is 8.50. The second-order valence-corrected chi connectivity index (χ2v) is 8.01. The van der Waals surface area contributed by atoms with Crippen molar-refractivity contribution < 1.29 is 9.47 Å². The molecule has 0 radical (unpaired) electrons. The first-order chi connectivity index (χ1) is 15.6. The average molecular weight is 434 g/mol. The zero-order chi connectivity index (χ0) is 22.5. The van der Waals surface area contributed by atoms with Crippen molar-refractivity contribution in [3.05, 3.63) is 53.6 Å². The SMILES string of the molecule is [C-]#[N+]c1cnc(Nc2cc(-c3ccc(CO[C@H]4CCN(C(C)C)C4)cc3OC)[nH]n2)cn1. The van der Waals surface area contributed by atoms with Gasteiger partial charge in [-0.05, 0) is 38.0 Å². The Morgan fingerprint density at radius 2 is 2.12 bits per heavy atom. The summed E-state index contributed by atoms with van der Waals surface area (Å²) in [5.41, 5.74) is 2.78. The van der Waals surface area contributed by atoms with Crippen LogP contribution in [0.5, 0.6) is 5.75 Å². The summed E-state index contributed by atoms with van der Waals surface area (Å²) in [6.07, 6.45) is 4.26. The fraction of sp³-hybridized carbons (Fsp3) is 0.391. The van der Waals surface area contributed by atoms with E-state index in [1.165, 1.54) is 12.4 Å². The number of methoxy groups -OCH3 is 1. The van der Waals surface area contributed by atoms with Gasteiger partial charge in [-0.3, -0.25) is 10.00 Å². The summed E-state index contributed by atoms with van der Waals surface area (Å²) in [5.74, 6) is 2.10. The summed E-state index contributed by atoms with van der Waals surface area (Å²) >= 11 is 0. The molecule has 1 atom stereocenters. The predicted octanol–water partition coefficient (Wildman–Crippen LogP) is 4.17. The molecule has 1 aromatic carbocycles. The van der Waals surface area contributed by atoms with Crippen molar-refractivity contribution in [3.8, 4) is 17.0 Å². The molecule has 0 bridgehead atoms. The molecule has 1 saturated heterocycles. The van der Waals surface area contributed by atoms with Gasteiger partial charge in [0.1, 0.15) is 5.75 Å². The molecule has 1 aliphatic rings. The van der Waals surface area contributed by atoms with E-state index < -0.39 is 0 Å². The Morgan fingerprint density at radius 3 is 2.81 bits per heavy atom. The molecule has 9 nitrogen and oxygen atoms in total. The minimum atomic E-state index is 0.247.